The van der Waals surface area contributed by atoms with Gasteiger partial charge in [0.05, 0.1) is 17.9 Å². The molecule has 3 N–H and O–H groups in total. The third-order valence-corrected chi connectivity index (χ3v) is 3.12. The third-order valence-electron chi connectivity index (χ3n) is 3.12. The highest BCUT2D eigenvalue weighted by molar-refractivity contribution is 5.88. The van der Waals surface area contributed by atoms with Crippen molar-refractivity contribution in [1.29, 1.82) is 0 Å². The summed E-state index contributed by atoms with van der Waals surface area (Å²) in [6.45, 7) is 0.592. The molecule has 1 aliphatic rings. The number of carboxylic acid groups (broad SMARTS) is 1. The third kappa shape index (κ3) is 2.87. The molecule has 2 rings (SSSR count). The van der Waals surface area contributed by atoms with Gasteiger partial charge in [0, 0.05) is 6.20 Å². The number of nitrogens with zero attached hydrogens (tertiary/aromatic N) is 1. The molecule has 0 bridgehead atoms. The van der Waals surface area contributed by atoms with Gasteiger partial charge in [0.15, 0.2) is 0 Å². The number of nitrogens with two attached hydrogens (primary N) is 1. The maximum Gasteiger partial charge on any atom is 0.337 e. The smallest absolute Gasteiger partial charge is 0.337 e. The number of anilines is 1. The molecule has 17 heavy (non-hydrogen) atoms. The molecule has 0 atom stereocenters. The van der Waals surface area contributed by atoms with Crippen LogP contribution in [-0.4, -0.2) is 22.7 Å². The Bertz CT molecular complexity index is 416. The van der Waals surface area contributed by atoms with E-state index in [0.29, 0.717) is 12.5 Å². The number of nitrogen functional groups attached to an aromatic ring is 1. The molecule has 1 fully saturated rings. The number of rotatable bonds is 5. The maximum absolute atomic E-state index is 10.7. The van der Waals surface area contributed by atoms with Gasteiger partial charge in [-0.1, -0.05) is 19.3 Å². The van der Waals surface area contributed by atoms with Gasteiger partial charge in [-0.15, -0.1) is 0 Å². The van der Waals surface area contributed by atoms with Crippen LogP contribution in [-0.2, 0) is 0 Å². The second kappa shape index (κ2) is 5.03. The van der Waals surface area contributed by atoms with Crippen molar-refractivity contribution in [3.05, 3.63) is 17.8 Å². The number of hydrogen-bond donors (Lipinski definition) is 2. The van der Waals surface area contributed by atoms with Gasteiger partial charge >= 0.3 is 5.97 Å². The molecule has 0 amide bonds. The van der Waals surface area contributed by atoms with Crippen LogP contribution in [0.5, 0.6) is 5.88 Å². The standard InChI is InChI=1S/C12H16N2O3/c13-10-6-9(12(15)16)7-14-11(10)17-5-4-8-2-1-3-8/h6-8H,1-5,13H2,(H,15,16). The molecule has 0 aromatic carbocycles. The molecule has 0 aliphatic heterocycles. The average Bonchev–Trinajstić information content (AvgIpc) is 2.23. The molecule has 0 spiro atoms. The summed E-state index contributed by atoms with van der Waals surface area (Å²) in [5.41, 5.74) is 6.03. The van der Waals surface area contributed by atoms with Crippen molar-refractivity contribution in [2.75, 3.05) is 12.3 Å². The van der Waals surface area contributed by atoms with Gasteiger partial charge in [0.2, 0.25) is 5.88 Å². The summed E-state index contributed by atoms with van der Waals surface area (Å²) in [5, 5.41) is 8.75. The molecule has 5 nitrogen and oxygen atoms in total. The van der Waals surface area contributed by atoms with Gasteiger partial charge in [-0.05, 0) is 18.4 Å². The summed E-state index contributed by atoms with van der Waals surface area (Å²) in [5.74, 6) is 0.0639. The van der Waals surface area contributed by atoms with Crippen LogP contribution in [0.2, 0.25) is 0 Å². The molecule has 0 unspecified atom stereocenters. The van der Waals surface area contributed by atoms with Crippen LogP contribution in [0.25, 0.3) is 0 Å². The predicted molar refractivity (Wildman–Crippen MR) is 63.1 cm³/mol. The summed E-state index contributed by atoms with van der Waals surface area (Å²) in [7, 11) is 0. The summed E-state index contributed by atoms with van der Waals surface area (Å²) in [6.07, 6.45) is 6.16. The zero-order valence-corrected chi connectivity index (χ0v) is 9.56. The Kier molecular flexibility index (Phi) is 3.46. The number of aromatic carboxylic acids is 1. The minimum atomic E-state index is -1.04. The van der Waals surface area contributed by atoms with Crippen molar-refractivity contribution in [3.8, 4) is 5.88 Å². The average molecular weight is 236 g/mol. The number of carbonyl (C=O) groups is 1. The summed E-state index contributed by atoms with van der Waals surface area (Å²) < 4.78 is 5.45. The first-order valence-corrected chi connectivity index (χ1v) is 5.78. The maximum atomic E-state index is 10.7. The van der Waals surface area contributed by atoms with Crippen molar-refractivity contribution < 1.29 is 14.6 Å². The monoisotopic (exact) mass is 236 g/mol. The molecule has 5 heteroatoms. The Labute approximate surface area is 99.6 Å². The van der Waals surface area contributed by atoms with E-state index < -0.39 is 5.97 Å². The zero-order valence-electron chi connectivity index (χ0n) is 9.56. The minimum Gasteiger partial charge on any atom is -0.478 e. The fourth-order valence-corrected chi connectivity index (χ4v) is 1.81. The molecule has 1 aliphatic carbocycles. The van der Waals surface area contributed by atoms with Gasteiger partial charge in [0.25, 0.3) is 0 Å². The number of carboxylic acids is 1. The Morgan fingerprint density at radius 1 is 1.59 bits per heavy atom. The van der Waals surface area contributed by atoms with Gasteiger partial charge in [-0.2, -0.15) is 0 Å². The first-order valence-electron chi connectivity index (χ1n) is 5.78. The van der Waals surface area contributed by atoms with Crippen LogP contribution in [0, 0.1) is 5.92 Å². The van der Waals surface area contributed by atoms with Crippen LogP contribution >= 0.6 is 0 Å². The fraction of sp³-hybridized carbons (Fsp3) is 0.500. The molecule has 1 saturated carbocycles. The first-order chi connectivity index (χ1) is 8.16. The Morgan fingerprint density at radius 2 is 2.35 bits per heavy atom. The van der Waals surface area contributed by atoms with Gasteiger partial charge in [-0.3, -0.25) is 0 Å². The van der Waals surface area contributed by atoms with E-state index in [9.17, 15) is 4.79 Å². The lowest BCUT2D eigenvalue weighted by atomic mass is 9.83. The molecule has 0 saturated heterocycles. The summed E-state index contributed by atoms with van der Waals surface area (Å²) in [4.78, 5) is 14.6. The topological polar surface area (TPSA) is 85.4 Å². The molecular formula is C12H16N2O3. The Morgan fingerprint density at radius 3 is 2.88 bits per heavy atom. The number of ether oxygens (including phenoxy) is 1. The van der Waals surface area contributed by atoms with E-state index in [0.717, 1.165) is 12.3 Å². The number of aromatic nitrogens is 1. The second-order valence-corrected chi connectivity index (χ2v) is 4.36. The van der Waals surface area contributed by atoms with Crippen molar-refractivity contribution in [2.45, 2.75) is 25.7 Å². The lowest BCUT2D eigenvalue weighted by Gasteiger charge is -2.24. The SMILES string of the molecule is Nc1cc(C(=O)O)cnc1OCCC1CCC1. The molecule has 0 radical (unpaired) electrons. The highest BCUT2D eigenvalue weighted by Crippen LogP contribution is 2.29. The van der Waals surface area contributed by atoms with Crippen LogP contribution in [0.4, 0.5) is 5.69 Å². The first kappa shape index (κ1) is 11.7. The molecule has 92 valence electrons. The van der Waals surface area contributed by atoms with Crippen molar-refractivity contribution >= 4 is 11.7 Å². The van der Waals surface area contributed by atoms with Crippen molar-refractivity contribution in [1.82, 2.24) is 4.98 Å². The van der Waals surface area contributed by atoms with E-state index in [1.165, 1.54) is 31.5 Å². The van der Waals surface area contributed by atoms with Gasteiger partial charge in [-0.25, -0.2) is 9.78 Å². The van der Waals surface area contributed by atoms with E-state index in [1.807, 2.05) is 0 Å². The summed E-state index contributed by atoms with van der Waals surface area (Å²) in [6, 6.07) is 1.37. The number of hydrogen-bond acceptors (Lipinski definition) is 4. The molecule has 1 aromatic heterocycles. The van der Waals surface area contributed by atoms with E-state index in [2.05, 4.69) is 4.98 Å². The normalized spacial score (nSPS) is 15.3. The van der Waals surface area contributed by atoms with E-state index in [4.69, 9.17) is 15.6 Å². The van der Waals surface area contributed by atoms with E-state index in [1.54, 1.807) is 0 Å². The van der Waals surface area contributed by atoms with Gasteiger partial charge in [0.1, 0.15) is 0 Å². The number of pyridine rings is 1. The van der Waals surface area contributed by atoms with Crippen molar-refractivity contribution in [3.63, 3.8) is 0 Å². The lowest BCUT2D eigenvalue weighted by molar-refractivity contribution is 0.0696. The van der Waals surface area contributed by atoms with Crippen molar-refractivity contribution in [2.24, 2.45) is 5.92 Å². The fourth-order valence-electron chi connectivity index (χ4n) is 1.81. The second-order valence-electron chi connectivity index (χ2n) is 4.36. The van der Waals surface area contributed by atoms with Crippen LogP contribution in [0.3, 0.4) is 0 Å². The van der Waals surface area contributed by atoms with E-state index >= 15 is 0 Å². The largest absolute Gasteiger partial charge is 0.478 e. The molecule has 1 aromatic rings. The highest BCUT2D eigenvalue weighted by atomic mass is 16.5. The van der Waals surface area contributed by atoms with Gasteiger partial charge < -0.3 is 15.6 Å². The van der Waals surface area contributed by atoms with Crippen LogP contribution in [0.15, 0.2) is 12.3 Å². The lowest BCUT2D eigenvalue weighted by Crippen LogP contribution is -2.15. The summed E-state index contributed by atoms with van der Waals surface area (Å²) >= 11 is 0. The Balaban J connectivity index is 1.89. The minimum absolute atomic E-state index is 0.0776. The molecular weight excluding hydrogens is 220 g/mol. The highest BCUT2D eigenvalue weighted by Gasteiger charge is 2.17. The zero-order chi connectivity index (χ0) is 12.3. The van der Waals surface area contributed by atoms with E-state index in [-0.39, 0.29) is 11.3 Å². The quantitative estimate of drug-likeness (QED) is 0.815. The Hall–Kier alpha value is -1.78. The molecule has 1 heterocycles. The predicted octanol–water partition coefficient (Wildman–Crippen LogP) is 1.93. The van der Waals surface area contributed by atoms with Crippen LogP contribution < -0.4 is 10.5 Å². The van der Waals surface area contributed by atoms with Crippen LogP contribution in [0.1, 0.15) is 36.0 Å².